The van der Waals surface area contributed by atoms with Gasteiger partial charge in [-0.1, -0.05) is 52.3 Å². The molecule has 2 saturated heterocycles. The number of ether oxygens (including phenoxy) is 1. The Kier molecular flexibility index (Phi) is 7.21. The molecule has 0 aromatic heterocycles. The molecule has 1 aromatic carbocycles. The molecular weight excluding hydrogens is 420 g/mol. The van der Waals surface area contributed by atoms with E-state index in [-0.39, 0.29) is 34.6 Å². The number of imide groups is 1. The molecule has 2 heterocycles. The first-order valence-electron chi connectivity index (χ1n) is 12.2. The molecule has 32 heavy (non-hydrogen) atoms. The number of rotatable bonds is 4. The fraction of sp³-hybridized carbons (Fsp3) is 0.692. The van der Waals surface area contributed by atoms with Crippen molar-refractivity contribution in [3.63, 3.8) is 0 Å². The molecular formula is C26H38N2O3S. The molecule has 1 saturated carbocycles. The standard InChI is InChI=1S/C26H38N2O3S/c1-18-15-20(27-13-9-6-10-14-27)23(21(16-18)32-19-11-7-5-8-12-19)24(29)28-22(26(2,3)4)17-31-25(28)30/h5,7-8,11-12,18,20-23H,6,9-10,13-17H2,1-4H3/t18-,20+,21-,22-,23-/m1/s1. The summed E-state index contributed by atoms with van der Waals surface area (Å²) < 4.78 is 5.42. The summed E-state index contributed by atoms with van der Waals surface area (Å²) in [4.78, 5) is 32.2. The van der Waals surface area contributed by atoms with Gasteiger partial charge >= 0.3 is 6.09 Å². The van der Waals surface area contributed by atoms with E-state index < -0.39 is 6.09 Å². The third-order valence-electron chi connectivity index (χ3n) is 7.38. The quantitative estimate of drug-likeness (QED) is 0.601. The lowest BCUT2D eigenvalue weighted by Crippen LogP contribution is -2.58. The molecule has 0 bridgehead atoms. The zero-order valence-corrected chi connectivity index (χ0v) is 20.8. The summed E-state index contributed by atoms with van der Waals surface area (Å²) in [5, 5.41) is 0.148. The Hall–Kier alpha value is -1.53. The summed E-state index contributed by atoms with van der Waals surface area (Å²) in [6.45, 7) is 11.0. The first-order valence-corrected chi connectivity index (χ1v) is 13.1. The van der Waals surface area contributed by atoms with Crippen LogP contribution in [0.4, 0.5) is 4.79 Å². The summed E-state index contributed by atoms with van der Waals surface area (Å²) in [6.07, 6.45) is 5.20. The Labute approximate surface area is 197 Å². The van der Waals surface area contributed by atoms with Crippen LogP contribution in [-0.2, 0) is 9.53 Å². The molecule has 176 valence electrons. The minimum atomic E-state index is -0.464. The molecule has 0 radical (unpaired) electrons. The molecule has 6 heteroatoms. The van der Waals surface area contributed by atoms with Crippen LogP contribution in [0.15, 0.2) is 35.2 Å². The zero-order valence-electron chi connectivity index (χ0n) is 20.0. The largest absolute Gasteiger partial charge is 0.447 e. The highest BCUT2D eigenvalue weighted by Crippen LogP contribution is 2.44. The summed E-state index contributed by atoms with van der Waals surface area (Å²) in [5.41, 5.74) is -0.216. The van der Waals surface area contributed by atoms with Crippen LogP contribution in [0.2, 0.25) is 0 Å². The molecule has 3 aliphatic rings. The van der Waals surface area contributed by atoms with Crippen molar-refractivity contribution in [2.75, 3.05) is 19.7 Å². The normalized spacial score (nSPS) is 32.1. The summed E-state index contributed by atoms with van der Waals surface area (Å²) in [6, 6.07) is 10.4. The van der Waals surface area contributed by atoms with Gasteiger partial charge in [0.1, 0.15) is 6.61 Å². The lowest BCUT2D eigenvalue weighted by Gasteiger charge is -2.47. The van der Waals surface area contributed by atoms with Crippen LogP contribution in [-0.4, -0.2) is 58.8 Å². The van der Waals surface area contributed by atoms with Gasteiger partial charge in [0.05, 0.1) is 12.0 Å². The minimum absolute atomic E-state index is 0.0247. The van der Waals surface area contributed by atoms with Crippen LogP contribution >= 0.6 is 11.8 Å². The number of likely N-dealkylation sites (tertiary alicyclic amines) is 1. The van der Waals surface area contributed by atoms with Gasteiger partial charge in [-0.15, -0.1) is 11.8 Å². The maximum absolute atomic E-state index is 14.2. The molecule has 0 unspecified atom stereocenters. The molecule has 5 atom stereocenters. The van der Waals surface area contributed by atoms with E-state index in [2.05, 4.69) is 56.9 Å². The second kappa shape index (κ2) is 9.76. The second-order valence-corrected chi connectivity index (χ2v) is 12.2. The van der Waals surface area contributed by atoms with Gasteiger partial charge in [-0.3, -0.25) is 9.69 Å². The predicted octanol–water partition coefficient (Wildman–Crippen LogP) is 5.44. The topological polar surface area (TPSA) is 49.9 Å². The van der Waals surface area contributed by atoms with Crippen molar-refractivity contribution in [2.45, 2.75) is 82.0 Å². The highest BCUT2D eigenvalue weighted by molar-refractivity contribution is 8.00. The molecule has 2 amide bonds. The SMILES string of the molecule is C[C@H]1C[C@@H](Sc2ccccc2)[C@H](C(=O)N2C(=O)OC[C@@H]2C(C)(C)C)[C@@H](N2CCCCC2)C1. The molecule has 3 fully saturated rings. The number of piperidine rings is 1. The number of hydrogen-bond acceptors (Lipinski definition) is 5. The monoisotopic (exact) mass is 458 g/mol. The number of cyclic esters (lactones) is 1. The average Bonchev–Trinajstić information content (AvgIpc) is 3.16. The van der Waals surface area contributed by atoms with E-state index in [0.29, 0.717) is 12.5 Å². The Balaban J connectivity index is 1.68. The van der Waals surface area contributed by atoms with Crippen molar-refractivity contribution in [1.29, 1.82) is 0 Å². The number of hydrogen-bond donors (Lipinski definition) is 0. The van der Waals surface area contributed by atoms with E-state index in [0.717, 1.165) is 25.9 Å². The number of carbonyl (C=O) groups is 2. The second-order valence-electron chi connectivity index (χ2n) is 10.9. The number of benzene rings is 1. The molecule has 4 rings (SSSR count). The number of thioether (sulfide) groups is 1. The number of amides is 2. The fourth-order valence-corrected chi connectivity index (χ4v) is 7.19. The fourth-order valence-electron chi connectivity index (χ4n) is 5.65. The van der Waals surface area contributed by atoms with Gasteiger partial charge in [-0.2, -0.15) is 0 Å². The molecule has 0 N–H and O–H groups in total. The van der Waals surface area contributed by atoms with E-state index in [1.807, 2.05) is 17.8 Å². The van der Waals surface area contributed by atoms with Crippen molar-refractivity contribution in [3.8, 4) is 0 Å². The lowest BCUT2D eigenvalue weighted by molar-refractivity contribution is -0.139. The maximum atomic E-state index is 14.2. The number of carbonyl (C=O) groups excluding carboxylic acids is 2. The van der Waals surface area contributed by atoms with Gasteiger partial charge in [0, 0.05) is 16.2 Å². The van der Waals surface area contributed by atoms with Crippen molar-refractivity contribution in [1.82, 2.24) is 9.80 Å². The summed E-state index contributed by atoms with van der Waals surface area (Å²) >= 11 is 1.81. The van der Waals surface area contributed by atoms with Crippen molar-refractivity contribution < 1.29 is 14.3 Å². The Morgan fingerprint density at radius 1 is 1.06 bits per heavy atom. The third kappa shape index (κ3) is 5.01. The molecule has 2 aliphatic heterocycles. The zero-order chi connectivity index (χ0) is 22.9. The van der Waals surface area contributed by atoms with Gasteiger partial charge in [0.25, 0.3) is 0 Å². The Morgan fingerprint density at radius 3 is 2.41 bits per heavy atom. The average molecular weight is 459 g/mol. The van der Waals surface area contributed by atoms with Crippen molar-refractivity contribution in [2.24, 2.45) is 17.3 Å². The molecule has 1 aliphatic carbocycles. The lowest BCUT2D eigenvalue weighted by atomic mass is 9.76. The smallest absolute Gasteiger partial charge is 0.417 e. The van der Waals surface area contributed by atoms with Crippen molar-refractivity contribution in [3.05, 3.63) is 30.3 Å². The molecule has 5 nitrogen and oxygen atoms in total. The van der Waals surface area contributed by atoms with Crippen LogP contribution in [0.5, 0.6) is 0 Å². The van der Waals surface area contributed by atoms with Crippen molar-refractivity contribution >= 4 is 23.8 Å². The highest BCUT2D eigenvalue weighted by Gasteiger charge is 2.51. The summed E-state index contributed by atoms with van der Waals surface area (Å²) in [5.74, 6) is 0.324. The van der Waals surface area contributed by atoms with E-state index in [9.17, 15) is 9.59 Å². The van der Waals surface area contributed by atoms with Gasteiger partial charge in [0.2, 0.25) is 5.91 Å². The van der Waals surface area contributed by atoms with Crippen LogP contribution in [0, 0.1) is 17.3 Å². The summed E-state index contributed by atoms with van der Waals surface area (Å²) in [7, 11) is 0. The van der Waals surface area contributed by atoms with Crippen LogP contribution in [0.25, 0.3) is 0 Å². The molecule has 0 spiro atoms. The van der Waals surface area contributed by atoms with Gasteiger partial charge in [0.15, 0.2) is 0 Å². The first-order chi connectivity index (χ1) is 15.3. The van der Waals surface area contributed by atoms with E-state index in [4.69, 9.17) is 4.74 Å². The minimum Gasteiger partial charge on any atom is -0.447 e. The van der Waals surface area contributed by atoms with E-state index in [1.54, 1.807) is 0 Å². The van der Waals surface area contributed by atoms with E-state index in [1.165, 1.54) is 29.1 Å². The number of nitrogens with zero attached hydrogens (tertiary/aromatic N) is 2. The predicted molar refractivity (Wildman–Crippen MR) is 129 cm³/mol. The van der Waals surface area contributed by atoms with E-state index >= 15 is 0 Å². The van der Waals surface area contributed by atoms with Crippen LogP contribution in [0.3, 0.4) is 0 Å². The van der Waals surface area contributed by atoms with Gasteiger partial charge in [-0.25, -0.2) is 9.69 Å². The van der Waals surface area contributed by atoms with Crippen LogP contribution in [0.1, 0.15) is 59.8 Å². The maximum Gasteiger partial charge on any atom is 0.417 e. The van der Waals surface area contributed by atoms with Gasteiger partial charge < -0.3 is 4.74 Å². The Morgan fingerprint density at radius 2 is 1.75 bits per heavy atom. The highest BCUT2D eigenvalue weighted by atomic mass is 32.2. The van der Waals surface area contributed by atoms with Crippen LogP contribution < -0.4 is 0 Å². The third-order valence-corrected chi connectivity index (χ3v) is 8.71. The molecule has 1 aromatic rings. The van der Waals surface area contributed by atoms with Gasteiger partial charge in [-0.05, 0) is 62.2 Å². The first kappa shape index (κ1) is 23.6. The Bertz CT molecular complexity index is 803.